The van der Waals surface area contributed by atoms with Crippen molar-refractivity contribution in [2.24, 2.45) is 0 Å². The molecule has 19 heavy (non-hydrogen) atoms. The van der Waals surface area contributed by atoms with Gasteiger partial charge in [-0.2, -0.15) is 0 Å². The lowest BCUT2D eigenvalue weighted by Gasteiger charge is -2.25. The summed E-state index contributed by atoms with van der Waals surface area (Å²) < 4.78 is 0. The molecule has 1 aliphatic rings. The summed E-state index contributed by atoms with van der Waals surface area (Å²) in [5.74, 6) is -1.07. The van der Waals surface area contributed by atoms with Gasteiger partial charge in [-0.1, -0.05) is 36.4 Å². The standard InChI is InChI=1S/C14H10N2O3/c17-12-8-13(18)16(14(19)15-12)11-7-3-5-9-4-1-2-6-10(9)11/h1-7H,8H2,(H,15,17,19). The molecule has 0 atom stereocenters. The predicted molar refractivity (Wildman–Crippen MR) is 69.6 cm³/mol. The number of carbonyl (C=O) groups is 3. The van der Waals surface area contributed by atoms with Gasteiger partial charge in [-0.15, -0.1) is 0 Å². The van der Waals surface area contributed by atoms with E-state index in [1.54, 1.807) is 12.1 Å². The highest BCUT2D eigenvalue weighted by Crippen LogP contribution is 2.28. The first-order chi connectivity index (χ1) is 9.16. The van der Waals surface area contributed by atoms with Crippen LogP contribution in [0, 0.1) is 0 Å². The summed E-state index contributed by atoms with van der Waals surface area (Å²) in [6.07, 6.45) is -0.311. The monoisotopic (exact) mass is 254 g/mol. The van der Waals surface area contributed by atoms with Gasteiger partial charge in [-0.25, -0.2) is 9.69 Å². The van der Waals surface area contributed by atoms with E-state index in [2.05, 4.69) is 5.32 Å². The first-order valence-electron chi connectivity index (χ1n) is 5.81. The van der Waals surface area contributed by atoms with Gasteiger partial charge in [0.25, 0.3) is 0 Å². The Morgan fingerprint density at radius 2 is 1.68 bits per heavy atom. The summed E-state index contributed by atoms with van der Waals surface area (Å²) >= 11 is 0. The summed E-state index contributed by atoms with van der Waals surface area (Å²) in [5, 5.41) is 3.87. The number of urea groups is 1. The highest BCUT2D eigenvalue weighted by Gasteiger charge is 2.32. The molecule has 0 bridgehead atoms. The van der Waals surface area contributed by atoms with Crippen LogP contribution >= 0.6 is 0 Å². The van der Waals surface area contributed by atoms with E-state index in [-0.39, 0.29) is 6.42 Å². The zero-order valence-corrected chi connectivity index (χ0v) is 9.92. The molecule has 0 saturated carbocycles. The van der Waals surface area contributed by atoms with Gasteiger partial charge in [0.2, 0.25) is 11.8 Å². The van der Waals surface area contributed by atoms with Gasteiger partial charge < -0.3 is 0 Å². The van der Waals surface area contributed by atoms with Crippen molar-refractivity contribution >= 4 is 34.3 Å². The Kier molecular flexibility index (Phi) is 2.52. The van der Waals surface area contributed by atoms with Crippen LogP contribution in [0.1, 0.15) is 6.42 Å². The minimum atomic E-state index is -0.697. The molecule has 1 N–H and O–H groups in total. The van der Waals surface area contributed by atoms with Crippen molar-refractivity contribution in [1.29, 1.82) is 0 Å². The molecule has 5 nitrogen and oxygen atoms in total. The number of carbonyl (C=O) groups excluding carboxylic acids is 3. The second-order valence-electron chi connectivity index (χ2n) is 4.26. The Balaban J connectivity index is 2.16. The molecule has 3 rings (SSSR count). The lowest BCUT2D eigenvalue weighted by Crippen LogP contribution is -2.53. The normalized spacial score (nSPS) is 15.8. The van der Waals surface area contributed by atoms with Crippen LogP contribution in [0.3, 0.4) is 0 Å². The van der Waals surface area contributed by atoms with E-state index in [9.17, 15) is 14.4 Å². The topological polar surface area (TPSA) is 66.5 Å². The summed E-state index contributed by atoms with van der Waals surface area (Å²) in [4.78, 5) is 35.9. The second kappa shape index (κ2) is 4.20. The molecule has 5 heteroatoms. The Bertz CT molecular complexity index is 683. The van der Waals surface area contributed by atoms with Crippen molar-refractivity contribution < 1.29 is 14.4 Å². The molecule has 94 valence electrons. The number of hydrogen-bond acceptors (Lipinski definition) is 3. The summed E-state index contributed by atoms with van der Waals surface area (Å²) in [6, 6.07) is 12.1. The lowest BCUT2D eigenvalue weighted by atomic mass is 10.1. The van der Waals surface area contributed by atoms with Gasteiger partial charge in [0, 0.05) is 5.39 Å². The predicted octanol–water partition coefficient (Wildman–Crippen LogP) is 1.81. The lowest BCUT2D eigenvalue weighted by molar-refractivity contribution is -0.128. The zero-order valence-electron chi connectivity index (χ0n) is 9.92. The van der Waals surface area contributed by atoms with Crippen LogP contribution < -0.4 is 10.2 Å². The van der Waals surface area contributed by atoms with Crippen molar-refractivity contribution in [3.63, 3.8) is 0 Å². The minimum absolute atomic E-state index is 0.311. The van der Waals surface area contributed by atoms with Gasteiger partial charge in [0.1, 0.15) is 6.42 Å². The molecular formula is C14H10N2O3. The largest absolute Gasteiger partial charge is 0.335 e. The first-order valence-corrected chi connectivity index (χ1v) is 5.81. The molecule has 1 aliphatic heterocycles. The molecule has 4 amide bonds. The van der Waals surface area contributed by atoms with Crippen LogP contribution in [0.15, 0.2) is 42.5 Å². The third-order valence-electron chi connectivity index (χ3n) is 3.02. The number of hydrogen-bond donors (Lipinski definition) is 1. The van der Waals surface area contributed by atoms with Gasteiger partial charge in [0.05, 0.1) is 5.69 Å². The molecule has 0 radical (unpaired) electrons. The van der Waals surface area contributed by atoms with Crippen molar-refractivity contribution in [2.45, 2.75) is 6.42 Å². The van der Waals surface area contributed by atoms with Crippen LogP contribution in [-0.2, 0) is 9.59 Å². The maximum atomic E-state index is 11.9. The number of benzene rings is 2. The van der Waals surface area contributed by atoms with E-state index in [1.165, 1.54) is 0 Å². The van der Waals surface area contributed by atoms with E-state index in [4.69, 9.17) is 0 Å². The maximum Gasteiger partial charge on any atom is 0.335 e. The number of nitrogens with one attached hydrogen (secondary N) is 1. The number of rotatable bonds is 1. The van der Waals surface area contributed by atoms with Gasteiger partial charge >= 0.3 is 6.03 Å². The Morgan fingerprint density at radius 1 is 0.947 bits per heavy atom. The molecule has 0 aliphatic carbocycles. The van der Waals surface area contributed by atoms with Crippen molar-refractivity contribution in [1.82, 2.24) is 5.32 Å². The number of amides is 4. The number of barbiturate groups is 1. The number of nitrogens with zero attached hydrogens (tertiary/aromatic N) is 1. The van der Waals surface area contributed by atoms with Crippen LogP contribution in [0.4, 0.5) is 10.5 Å². The van der Waals surface area contributed by atoms with E-state index >= 15 is 0 Å². The molecule has 2 aromatic carbocycles. The Hall–Kier alpha value is -2.69. The van der Waals surface area contributed by atoms with Crippen LogP contribution in [0.5, 0.6) is 0 Å². The smallest absolute Gasteiger partial charge is 0.277 e. The Labute approximate surface area is 108 Å². The molecule has 2 aromatic rings. The molecule has 0 spiro atoms. The van der Waals surface area contributed by atoms with Gasteiger partial charge in [-0.3, -0.25) is 14.9 Å². The highest BCUT2D eigenvalue weighted by molar-refractivity contribution is 6.28. The van der Waals surface area contributed by atoms with Crippen molar-refractivity contribution in [2.75, 3.05) is 4.90 Å². The highest BCUT2D eigenvalue weighted by atomic mass is 16.2. The fraction of sp³-hybridized carbons (Fsp3) is 0.0714. The number of fused-ring (bicyclic) bond motifs is 1. The zero-order chi connectivity index (χ0) is 13.4. The van der Waals surface area contributed by atoms with Crippen molar-refractivity contribution in [3.8, 4) is 0 Å². The fourth-order valence-corrected chi connectivity index (χ4v) is 2.20. The average Bonchev–Trinajstić information content (AvgIpc) is 2.38. The maximum absolute atomic E-state index is 11.9. The van der Waals surface area contributed by atoms with E-state index in [1.807, 2.05) is 30.3 Å². The third-order valence-corrected chi connectivity index (χ3v) is 3.02. The Morgan fingerprint density at radius 3 is 2.47 bits per heavy atom. The van der Waals surface area contributed by atoms with Gasteiger partial charge in [0.15, 0.2) is 0 Å². The van der Waals surface area contributed by atoms with Crippen molar-refractivity contribution in [3.05, 3.63) is 42.5 Å². The summed E-state index contributed by atoms with van der Waals surface area (Å²) in [6.45, 7) is 0. The summed E-state index contributed by atoms with van der Waals surface area (Å²) in [7, 11) is 0. The molecular weight excluding hydrogens is 244 g/mol. The quantitative estimate of drug-likeness (QED) is 0.789. The number of imide groups is 2. The third kappa shape index (κ3) is 1.85. The van der Waals surface area contributed by atoms with Crippen LogP contribution in [-0.4, -0.2) is 17.8 Å². The number of anilines is 1. The molecule has 1 saturated heterocycles. The fourth-order valence-electron chi connectivity index (χ4n) is 2.20. The van der Waals surface area contributed by atoms with E-state index in [0.29, 0.717) is 5.69 Å². The second-order valence-corrected chi connectivity index (χ2v) is 4.26. The molecule has 0 unspecified atom stereocenters. The van der Waals surface area contributed by atoms with Crippen LogP contribution in [0.25, 0.3) is 10.8 Å². The molecule has 1 heterocycles. The molecule has 1 fully saturated rings. The van der Waals surface area contributed by atoms with E-state index in [0.717, 1.165) is 15.7 Å². The van der Waals surface area contributed by atoms with Gasteiger partial charge in [-0.05, 0) is 11.5 Å². The average molecular weight is 254 g/mol. The van der Waals surface area contributed by atoms with E-state index < -0.39 is 17.8 Å². The summed E-state index contributed by atoms with van der Waals surface area (Å²) in [5.41, 5.74) is 0.494. The SMILES string of the molecule is O=C1CC(=O)N(c2cccc3ccccc23)C(=O)N1. The van der Waals surface area contributed by atoms with Crippen LogP contribution in [0.2, 0.25) is 0 Å². The first kappa shape index (κ1) is 11.4. The molecule has 0 aromatic heterocycles. The minimum Gasteiger partial charge on any atom is -0.277 e.